The van der Waals surface area contributed by atoms with E-state index in [1.54, 1.807) is 12.3 Å². The van der Waals surface area contributed by atoms with Crippen molar-refractivity contribution in [3.8, 4) is 0 Å². The monoisotopic (exact) mass is 384 g/mol. The largest absolute Gasteiger partial charge is 0.381 e. The molecule has 0 saturated carbocycles. The highest BCUT2D eigenvalue weighted by Crippen LogP contribution is 2.29. The zero-order chi connectivity index (χ0) is 19.3. The van der Waals surface area contributed by atoms with Gasteiger partial charge in [0.1, 0.15) is 5.82 Å². The quantitative estimate of drug-likeness (QED) is 0.822. The molecule has 2 aromatic rings. The van der Waals surface area contributed by atoms with Gasteiger partial charge in [0.15, 0.2) is 11.5 Å². The average Bonchev–Trinajstić information content (AvgIpc) is 3.44. The highest BCUT2D eigenvalue weighted by molar-refractivity contribution is 5.92. The van der Waals surface area contributed by atoms with Gasteiger partial charge in [0.05, 0.1) is 6.04 Å². The van der Waals surface area contributed by atoms with Crippen molar-refractivity contribution < 1.29 is 9.53 Å². The van der Waals surface area contributed by atoms with Crippen LogP contribution in [0.1, 0.15) is 55.0 Å². The Hall–Kier alpha value is -2.48. The number of amides is 1. The van der Waals surface area contributed by atoms with E-state index in [2.05, 4.69) is 36.9 Å². The van der Waals surface area contributed by atoms with Crippen LogP contribution < -0.4 is 10.2 Å². The predicted molar refractivity (Wildman–Crippen MR) is 105 cm³/mol. The molecule has 1 unspecified atom stereocenters. The number of carbonyl (C=O) groups is 1. The van der Waals surface area contributed by atoms with E-state index in [1.807, 2.05) is 12.3 Å². The predicted octanol–water partition coefficient (Wildman–Crippen LogP) is 2.19. The van der Waals surface area contributed by atoms with Crippen LogP contribution in [0.15, 0.2) is 24.5 Å². The molecule has 0 bridgehead atoms. The first-order chi connectivity index (χ1) is 13.8. The van der Waals surface area contributed by atoms with Crippen LogP contribution in [0, 0.1) is 5.92 Å². The van der Waals surface area contributed by atoms with Crippen LogP contribution in [0.3, 0.4) is 0 Å². The second kappa shape index (κ2) is 8.68. The van der Waals surface area contributed by atoms with Gasteiger partial charge in [-0.3, -0.25) is 4.79 Å². The van der Waals surface area contributed by atoms with Crippen molar-refractivity contribution in [1.82, 2.24) is 25.1 Å². The lowest BCUT2D eigenvalue weighted by atomic mass is 9.91. The molecule has 150 valence electrons. The van der Waals surface area contributed by atoms with Gasteiger partial charge in [0.25, 0.3) is 5.91 Å². The van der Waals surface area contributed by atoms with Gasteiger partial charge in [0, 0.05) is 45.2 Å². The number of anilines is 1. The normalized spacial score (nSPS) is 19.0. The van der Waals surface area contributed by atoms with Crippen LogP contribution >= 0.6 is 0 Å². The van der Waals surface area contributed by atoms with E-state index in [4.69, 9.17) is 4.74 Å². The molecule has 1 N–H and O–H groups in total. The van der Waals surface area contributed by atoms with Crippen molar-refractivity contribution in [3.63, 3.8) is 0 Å². The summed E-state index contributed by atoms with van der Waals surface area (Å²) in [7, 11) is 0. The van der Waals surface area contributed by atoms with Gasteiger partial charge in [-0.1, -0.05) is 0 Å². The summed E-state index contributed by atoms with van der Waals surface area (Å²) in [5.41, 5.74) is 0.342. The molecular weight excluding hydrogens is 356 g/mol. The number of hydrogen-bond donors (Lipinski definition) is 1. The Morgan fingerprint density at radius 3 is 2.71 bits per heavy atom. The van der Waals surface area contributed by atoms with Crippen molar-refractivity contribution in [2.75, 3.05) is 31.2 Å². The fraction of sp³-hybridized carbons (Fsp3) is 0.600. The first kappa shape index (κ1) is 18.9. The molecule has 1 atom stereocenters. The summed E-state index contributed by atoms with van der Waals surface area (Å²) in [5, 5.41) is 11.6. The number of aryl methyl sites for hydroxylation is 1. The smallest absolute Gasteiger partial charge is 0.272 e. The molecule has 0 radical (unpaired) electrons. The lowest BCUT2D eigenvalue weighted by Gasteiger charge is -2.30. The zero-order valence-electron chi connectivity index (χ0n) is 16.4. The molecule has 0 spiro atoms. The Kier molecular flexibility index (Phi) is 5.85. The molecule has 8 heteroatoms. The molecule has 8 nitrogen and oxygen atoms in total. The van der Waals surface area contributed by atoms with Crippen LogP contribution in [-0.2, 0) is 11.3 Å². The molecule has 4 rings (SSSR count). The fourth-order valence-corrected chi connectivity index (χ4v) is 4.09. The molecule has 1 amide bonds. The molecule has 2 fully saturated rings. The maximum atomic E-state index is 12.9. The fourth-order valence-electron chi connectivity index (χ4n) is 4.09. The highest BCUT2D eigenvalue weighted by Gasteiger charge is 2.30. The number of aromatic nitrogens is 4. The first-order valence-electron chi connectivity index (χ1n) is 10.2. The maximum absolute atomic E-state index is 12.9. The van der Waals surface area contributed by atoms with Gasteiger partial charge >= 0.3 is 0 Å². The van der Waals surface area contributed by atoms with E-state index in [-0.39, 0.29) is 11.9 Å². The van der Waals surface area contributed by atoms with Crippen LogP contribution in [-0.4, -0.2) is 52.0 Å². The number of rotatable bonds is 6. The van der Waals surface area contributed by atoms with Gasteiger partial charge < -0.3 is 19.5 Å². The topological polar surface area (TPSA) is 85.2 Å². The Morgan fingerprint density at radius 2 is 2.04 bits per heavy atom. The highest BCUT2D eigenvalue weighted by atomic mass is 16.5. The molecular formula is C20H28N6O2. The van der Waals surface area contributed by atoms with Crippen molar-refractivity contribution in [1.29, 1.82) is 0 Å². The number of carbonyl (C=O) groups excluding carboxylic acids is 1. The zero-order valence-corrected chi connectivity index (χ0v) is 16.4. The summed E-state index contributed by atoms with van der Waals surface area (Å²) in [6.07, 6.45) is 7.92. The lowest BCUT2D eigenvalue weighted by Crippen LogP contribution is -2.38. The second-order valence-electron chi connectivity index (χ2n) is 7.44. The standard InChI is InChI=1S/C20H28N6O2/c1-2-25-12-9-21-19(25)18(15-7-13-28-14-8-15)22-20(27)16-5-6-17(24-23-16)26-10-3-4-11-26/h5-6,9,12,15,18H,2-4,7-8,10-11,13-14H2,1H3,(H,22,27). The Morgan fingerprint density at radius 1 is 1.25 bits per heavy atom. The van der Waals surface area contributed by atoms with E-state index >= 15 is 0 Å². The van der Waals surface area contributed by atoms with Crippen molar-refractivity contribution in [2.45, 2.75) is 45.2 Å². The maximum Gasteiger partial charge on any atom is 0.272 e. The van der Waals surface area contributed by atoms with E-state index < -0.39 is 0 Å². The van der Waals surface area contributed by atoms with Crippen molar-refractivity contribution in [2.24, 2.45) is 5.92 Å². The number of ether oxygens (including phenoxy) is 1. The molecule has 2 aromatic heterocycles. The van der Waals surface area contributed by atoms with Crippen LogP contribution in [0.4, 0.5) is 5.82 Å². The number of nitrogens with zero attached hydrogens (tertiary/aromatic N) is 5. The molecule has 0 aliphatic carbocycles. The SMILES string of the molecule is CCn1ccnc1C(NC(=O)c1ccc(N2CCCC2)nn1)C1CCOCC1. The van der Waals surface area contributed by atoms with Gasteiger partial charge in [-0.2, -0.15) is 0 Å². The summed E-state index contributed by atoms with van der Waals surface area (Å²) in [5.74, 6) is 1.82. The van der Waals surface area contributed by atoms with Gasteiger partial charge in [-0.25, -0.2) is 4.98 Å². The average molecular weight is 384 g/mol. The molecule has 28 heavy (non-hydrogen) atoms. The molecule has 2 aliphatic rings. The summed E-state index contributed by atoms with van der Waals surface area (Å²) >= 11 is 0. The van der Waals surface area contributed by atoms with Crippen molar-refractivity contribution in [3.05, 3.63) is 36.0 Å². The van der Waals surface area contributed by atoms with E-state index in [1.165, 1.54) is 12.8 Å². The van der Waals surface area contributed by atoms with E-state index in [0.29, 0.717) is 24.8 Å². The van der Waals surface area contributed by atoms with Gasteiger partial charge in [0.2, 0.25) is 0 Å². The van der Waals surface area contributed by atoms with E-state index in [0.717, 1.165) is 44.1 Å². The van der Waals surface area contributed by atoms with Crippen LogP contribution in [0.2, 0.25) is 0 Å². The number of nitrogens with one attached hydrogen (secondary N) is 1. The third-order valence-corrected chi connectivity index (χ3v) is 5.70. The lowest BCUT2D eigenvalue weighted by molar-refractivity contribution is 0.0497. The minimum atomic E-state index is -0.206. The summed E-state index contributed by atoms with van der Waals surface area (Å²) in [4.78, 5) is 19.7. The minimum absolute atomic E-state index is 0.161. The third kappa shape index (κ3) is 4.01. The van der Waals surface area contributed by atoms with Crippen LogP contribution in [0.5, 0.6) is 0 Å². The van der Waals surface area contributed by atoms with Crippen LogP contribution in [0.25, 0.3) is 0 Å². The molecule has 2 aliphatic heterocycles. The number of hydrogen-bond acceptors (Lipinski definition) is 6. The molecule has 4 heterocycles. The Balaban J connectivity index is 1.51. The second-order valence-corrected chi connectivity index (χ2v) is 7.44. The third-order valence-electron chi connectivity index (χ3n) is 5.70. The Labute approximate surface area is 165 Å². The van der Waals surface area contributed by atoms with Gasteiger partial charge in [-0.05, 0) is 50.7 Å². The Bertz CT molecular complexity index is 778. The summed E-state index contributed by atoms with van der Waals surface area (Å²) in [6.45, 7) is 6.34. The summed E-state index contributed by atoms with van der Waals surface area (Å²) < 4.78 is 7.59. The molecule has 2 saturated heterocycles. The summed E-state index contributed by atoms with van der Waals surface area (Å²) in [6, 6.07) is 3.50. The van der Waals surface area contributed by atoms with Crippen molar-refractivity contribution >= 4 is 11.7 Å². The number of imidazole rings is 1. The van der Waals surface area contributed by atoms with E-state index in [9.17, 15) is 4.79 Å². The molecule has 0 aromatic carbocycles. The minimum Gasteiger partial charge on any atom is -0.381 e. The van der Waals surface area contributed by atoms with Gasteiger partial charge in [-0.15, -0.1) is 10.2 Å². The first-order valence-corrected chi connectivity index (χ1v) is 10.2.